The van der Waals surface area contributed by atoms with Crippen LogP contribution in [0.1, 0.15) is 19.4 Å². The van der Waals surface area contributed by atoms with Gasteiger partial charge in [0.15, 0.2) is 0 Å². The molecule has 0 heterocycles. The lowest BCUT2D eigenvalue weighted by Gasteiger charge is -2.25. The molecule has 0 aliphatic carbocycles. The smallest absolute Gasteiger partial charge is 0.126 e. The second-order valence-corrected chi connectivity index (χ2v) is 4.09. The molecule has 1 rings (SSSR count). The fraction of sp³-hybridized carbons (Fsp3) is 0.308. The van der Waals surface area contributed by atoms with E-state index in [1.807, 2.05) is 43.1 Å². The molecule has 0 saturated carbocycles. The molecule has 0 amide bonds. The predicted molar refractivity (Wildman–Crippen MR) is 76.7 cm³/mol. The largest absolute Gasteiger partial charge is 0.401 e. The van der Waals surface area contributed by atoms with Crippen LogP contribution in [0.3, 0.4) is 0 Å². The van der Waals surface area contributed by atoms with Crippen LogP contribution >= 0.6 is 0 Å². The predicted octanol–water partition coefficient (Wildman–Crippen LogP) is 1.76. The maximum absolute atomic E-state index is 5.85. The second kappa shape index (κ2) is 6.66. The Morgan fingerprint density at radius 2 is 2.06 bits per heavy atom. The van der Waals surface area contributed by atoms with E-state index in [1.165, 1.54) is 5.01 Å². The summed E-state index contributed by atoms with van der Waals surface area (Å²) in [5.41, 5.74) is 8.42. The molecule has 4 N–H and O–H groups in total. The summed E-state index contributed by atoms with van der Waals surface area (Å²) < 4.78 is 0. The molecule has 0 unspecified atom stereocenters. The third-order valence-electron chi connectivity index (χ3n) is 2.32. The van der Waals surface area contributed by atoms with Crippen molar-refractivity contribution < 1.29 is 0 Å². The number of nitrogens with zero attached hydrogens (tertiary/aromatic N) is 3. The van der Waals surface area contributed by atoms with Gasteiger partial charge in [0.1, 0.15) is 6.67 Å². The first kappa shape index (κ1) is 14.1. The summed E-state index contributed by atoms with van der Waals surface area (Å²) in [4.78, 5) is 0. The first-order valence-electron chi connectivity index (χ1n) is 5.81. The van der Waals surface area contributed by atoms with Gasteiger partial charge in [0.2, 0.25) is 0 Å². The van der Waals surface area contributed by atoms with E-state index in [4.69, 9.17) is 11.6 Å². The molecule has 0 radical (unpaired) electrons. The molecule has 0 spiro atoms. The number of hydrogen-bond acceptors (Lipinski definition) is 5. The third kappa shape index (κ3) is 4.10. The van der Waals surface area contributed by atoms with Crippen molar-refractivity contribution in [3.05, 3.63) is 41.7 Å². The molecule has 0 aromatic heterocycles. The highest BCUT2D eigenvalue weighted by Crippen LogP contribution is 2.19. The number of hydrazine groups is 1. The Morgan fingerprint density at radius 1 is 1.39 bits per heavy atom. The van der Waals surface area contributed by atoms with Crippen LogP contribution in [0.5, 0.6) is 0 Å². The highest BCUT2D eigenvalue weighted by atomic mass is 15.6. The average molecular weight is 247 g/mol. The van der Waals surface area contributed by atoms with E-state index in [0.29, 0.717) is 12.4 Å². The van der Waals surface area contributed by atoms with Crippen LogP contribution < -0.4 is 16.6 Å². The fourth-order valence-corrected chi connectivity index (χ4v) is 1.62. The number of allylic oxidation sites excluding steroid dienone is 1. The zero-order valence-corrected chi connectivity index (χ0v) is 11.2. The van der Waals surface area contributed by atoms with Gasteiger partial charge in [-0.2, -0.15) is 5.10 Å². The zero-order valence-electron chi connectivity index (χ0n) is 11.2. The van der Waals surface area contributed by atoms with Crippen molar-refractivity contribution >= 4 is 11.9 Å². The molecule has 0 atom stereocenters. The number of rotatable bonds is 5. The quantitative estimate of drug-likeness (QED) is 0.360. The highest BCUT2D eigenvalue weighted by Gasteiger charge is 2.08. The number of aryl methyl sites for hydroxylation is 1. The Labute approximate surface area is 108 Å². The van der Waals surface area contributed by atoms with E-state index in [2.05, 4.69) is 5.10 Å². The highest BCUT2D eigenvalue weighted by molar-refractivity contribution is 5.59. The zero-order chi connectivity index (χ0) is 13.5. The van der Waals surface area contributed by atoms with Crippen LogP contribution in [0.2, 0.25) is 0 Å². The number of benzene rings is 1. The second-order valence-electron chi connectivity index (χ2n) is 4.09. The van der Waals surface area contributed by atoms with Gasteiger partial charge in [0.05, 0.1) is 5.69 Å². The molecule has 18 heavy (non-hydrogen) atoms. The Kier molecular flexibility index (Phi) is 5.20. The van der Waals surface area contributed by atoms with Crippen LogP contribution in [0, 0.1) is 6.92 Å². The van der Waals surface area contributed by atoms with Gasteiger partial charge >= 0.3 is 0 Å². The lowest BCUT2D eigenvalue weighted by molar-refractivity contribution is 0.387. The molecule has 0 saturated heterocycles. The lowest BCUT2D eigenvalue weighted by Crippen LogP contribution is -2.37. The standard InChI is InChI=1S/C13H21N5/c1-4-16-18(10-17(15)9-12(3)14)13-8-6-5-7-11(13)2/h4-9H,10,14-15H2,1-3H3/b12-9-,16-4+. The summed E-state index contributed by atoms with van der Waals surface area (Å²) in [6, 6.07) is 8.02. The molecule has 5 heteroatoms. The number of hydrogen-bond donors (Lipinski definition) is 2. The van der Waals surface area contributed by atoms with Gasteiger partial charge < -0.3 is 5.73 Å². The van der Waals surface area contributed by atoms with Crippen molar-refractivity contribution in [1.82, 2.24) is 5.01 Å². The van der Waals surface area contributed by atoms with E-state index in [0.717, 1.165) is 11.3 Å². The van der Waals surface area contributed by atoms with E-state index in [9.17, 15) is 0 Å². The van der Waals surface area contributed by atoms with Crippen LogP contribution in [-0.4, -0.2) is 17.9 Å². The van der Waals surface area contributed by atoms with Crippen molar-refractivity contribution in [2.24, 2.45) is 16.7 Å². The van der Waals surface area contributed by atoms with Crippen LogP contribution in [0.15, 0.2) is 41.3 Å². The summed E-state index contributed by atoms with van der Waals surface area (Å²) in [7, 11) is 0. The van der Waals surface area contributed by atoms with Crippen molar-refractivity contribution in [3.8, 4) is 0 Å². The molecule has 0 aliphatic rings. The maximum atomic E-state index is 5.85. The monoisotopic (exact) mass is 247 g/mol. The molecule has 1 aromatic rings. The summed E-state index contributed by atoms with van der Waals surface area (Å²) in [5.74, 6) is 5.85. The summed E-state index contributed by atoms with van der Waals surface area (Å²) in [5, 5.41) is 7.66. The van der Waals surface area contributed by atoms with E-state index < -0.39 is 0 Å². The van der Waals surface area contributed by atoms with Crippen LogP contribution in [0.4, 0.5) is 5.69 Å². The Balaban J connectivity index is 2.91. The van der Waals surface area contributed by atoms with E-state index >= 15 is 0 Å². The minimum Gasteiger partial charge on any atom is -0.401 e. The molecule has 0 bridgehead atoms. The minimum atomic E-state index is 0.434. The normalized spacial score (nSPS) is 11.9. The fourth-order valence-electron chi connectivity index (χ4n) is 1.62. The Morgan fingerprint density at radius 3 is 2.61 bits per heavy atom. The van der Waals surface area contributed by atoms with Gasteiger partial charge in [0, 0.05) is 18.1 Å². The topological polar surface area (TPSA) is 70.9 Å². The van der Waals surface area contributed by atoms with Crippen LogP contribution in [0.25, 0.3) is 0 Å². The average Bonchev–Trinajstić information content (AvgIpc) is 2.28. The van der Waals surface area contributed by atoms with Gasteiger partial charge in [-0.15, -0.1) is 0 Å². The van der Waals surface area contributed by atoms with E-state index in [1.54, 1.807) is 19.3 Å². The summed E-state index contributed by atoms with van der Waals surface area (Å²) in [6.45, 7) is 6.14. The van der Waals surface area contributed by atoms with Crippen molar-refractivity contribution in [2.45, 2.75) is 20.8 Å². The Hall–Kier alpha value is -2.01. The van der Waals surface area contributed by atoms with Crippen molar-refractivity contribution in [3.63, 3.8) is 0 Å². The Bertz CT molecular complexity index is 435. The third-order valence-corrected chi connectivity index (χ3v) is 2.32. The number of hydrazone groups is 1. The SMILES string of the molecule is C/C=N/N(CN(N)/C=C(/C)N)c1ccccc1C. The lowest BCUT2D eigenvalue weighted by atomic mass is 10.2. The first-order valence-corrected chi connectivity index (χ1v) is 5.81. The number of anilines is 1. The van der Waals surface area contributed by atoms with Crippen LogP contribution in [-0.2, 0) is 0 Å². The molecular weight excluding hydrogens is 226 g/mol. The molecule has 5 nitrogen and oxygen atoms in total. The van der Waals surface area contributed by atoms with Gasteiger partial charge in [-0.25, -0.2) is 10.9 Å². The number of para-hydroxylation sites is 1. The molecular formula is C13H21N5. The van der Waals surface area contributed by atoms with Gasteiger partial charge in [-0.3, -0.25) is 5.01 Å². The molecule has 0 fully saturated rings. The summed E-state index contributed by atoms with van der Waals surface area (Å²) in [6.07, 6.45) is 3.41. The van der Waals surface area contributed by atoms with E-state index in [-0.39, 0.29) is 0 Å². The summed E-state index contributed by atoms with van der Waals surface area (Å²) >= 11 is 0. The molecule has 98 valence electrons. The number of nitrogens with two attached hydrogens (primary N) is 2. The maximum Gasteiger partial charge on any atom is 0.126 e. The van der Waals surface area contributed by atoms with Crippen molar-refractivity contribution in [2.75, 3.05) is 11.7 Å². The minimum absolute atomic E-state index is 0.434. The molecule has 1 aromatic carbocycles. The molecule has 0 aliphatic heterocycles. The van der Waals surface area contributed by atoms with Gasteiger partial charge in [-0.05, 0) is 32.4 Å². The van der Waals surface area contributed by atoms with Gasteiger partial charge in [0.25, 0.3) is 0 Å². The van der Waals surface area contributed by atoms with Gasteiger partial charge in [-0.1, -0.05) is 18.2 Å². The van der Waals surface area contributed by atoms with Crippen molar-refractivity contribution in [1.29, 1.82) is 0 Å². The first-order chi connectivity index (χ1) is 8.54.